The van der Waals surface area contributed by atoms with Crippen LogP contribution in [0.2, 0.25) is 0 Å². The first-order valence-corrected chi connectivity index (χ1v) is 11.8. The van der Waals surface area contributed by atoms with Crippen molar-refractivity contribution in [2.75, 3.05) is 31.6 Å². The lowest BCUT2D eigenvalue weighted by molar-refractivity contribution is 0.0674. The average Bonchev–Trinajstić information content (AvgIpc) is 3.51. The predicted octanol–water partition coefficient (Wildman–Crippen LogP) is 1.65. The number of hydrogen-bond donors (Lipinski definition) is 4. The molecule has 1 heterocycles. The molecule has 2 aromatic rings. The van der Waals surface area contributed by atoms with Crippen LogP contribution in [0.1, 0.15) is 45.6 Å². The van der Waals surface area contributed by atoms with Gasteiger partial charge in [-0.15, -0.1) is 0 Å². The first-order chi connectivity index (χ1) is 15.5. The molecule has 3 amide bonds. The van der Waals surface area contributed by atoms with Gasteiger partial charge >= 0.3 is 6.03 Å². The van der Waals surface area contributed by atoms with E-state index in [-0.39, 0.29) is 38.2 Å². The molecule has 4 N–H and O–H groups in total. The summed E-state index contributed by atoms with van der Waals surface area (Å²) >= 11 is 1.04. The number of nitrogens with one attached hydrogen (secondary N) is 2. The fourth-order valence-electron chi connectivity index (χ4n) is 4.61. The van der Waals surface area contributed by atoms with E-state index in [1.54, 1.807) is 13.1 Å². The summed E-state index contributed by atoms with van der Waals surface area (Å²) in [7, 11) is 1.64. The quantitative estimate of drug-likeness (QED) is 0.446. The maximum Gasteiger partial charge on any atom is 0.329 e. The molecule has 1 aromatic carbocycles. The molecule has 0 aliphatic heterocycles. The summed E-state index contributed by atoms with van der Waals surface area (Å²) in [6.07, 6.45) is 6.38. The molecular weight excluding hydrogens is 430 g/mol. The Morgan fingerprint density at radius 2 is 1.69 bits per heavy atom. The van der Waals surface area contributed by atoms with Gasteiger partial charge in [-0.2, -0.15) is 5.10 Å². The number of aliphatic hydroxyl groups excluding tert-OH is 2. The van der Waals surface area contributed by atoms with Gasteiger partial charge in [-0.05, 0) is 60.8 Å². The van der Waals surface area contributed by atoms with E-state index >= 15 is 0 Å². The molecule has 0 radical (unpaired) electrons. The van der Waals surface area contributed by atoms with Crippen molar-refractivity contribution < 1.29 is 19.8 Å². The van der Waals surface area contributed by atoms with Crippen molar-refractivity contribution in [3.05, 3.63) is 40.1 Å². The Hall–Kier alpha value is -2.56. The third-order valence-electron chi connectivity index (χ3n) is 6.06. The number of fused-ring (bicyclic) bond motifs is 2. The minimum Gasteiger partial charge on any atom is -0.395 e. The Bertz CT molecular complexity index is 984. The van der Waals surface area contributed by atoms with Crippen LogP contribution in [0.25, 0.3) is 0 Å². The van der Waals surface area contributed by atoms with Gasteiger partial charge in [-0.25, -0.2) is 4.79 Å². The van der Waals surface area contributed by atoms with Crippen molar-refractivity contribution in [2.24, 2.45) is 7.05 Å². The lowest BCUT2D eigenvalue weighted by Crippen LogP contribution is -2.36. The van der Waals surface area contributed by atoms with E-state index in [0.717, 1.165) is 56.2 Å². The van der Waals surface area contributed by atoms with Gasteiger partial charge in [0, 0.05) is 43.8 Å². The summed E-state index contributed by atoms with van der Waals surface area (Å²) in [4.78, 5) is 26.7. The number of nitrogens with zero attached hydrogens (tertiary/aromatic N) is 3. The molecule has 0 atom stereocenters. The Balaban J connectivity index is 1.42. The van der Waals surface area contributed by atoms with Crippen molar-refractivity contribution in [1.29, 1.82) is 0 Å². The number of anilines is 1. The zero-order valence-electron chi connectivity index (χ0n) is 18.2. The van der Waals surface area contributed by atoms with Crippen LogP contribution in [0.3, 0.4) is 0 Å². The molecule has 1 aromatic heterocycles. The molecule has 2 aliphatic carbocycles. The molecule has 2 aliphatic rings. The number of amides is 3. The number of carbonyl (C=O) groups excluding carboxylic acids is 2. The highest BCUT2D eigenvalue weighted by molar-refractivity contribution is 7.97. The van der Waals surface area contributed by atoms with Crippen LogP contribution in [-0.4, -0.2) is 63.1 Å². The third-order valence-corrected chi connectivity index (χ3v) is 6.76. The SMILES string of the molecule is Cn1nc(SNC(=O)Nc2c3c(cc4c2CCC4)CCC3)cc1C(=O)N(CCO)CCO. The van der Waals surface area contributed by atoms with Crippen molar-refractivity contribution in [2.45, 2.75) is 43.6 Å². The second-order valence-corrected chi connectivity index (χ2v) is 8.95. The summed E-state index contributed by atoms with van der Waals surface area (Å²) in [5, 5.41) is 26.2. The molecule has 0 saturated heterocycles. The molecule has 172 valence electrons. The third kappa shape index (κ3) is 4.62. The lowest BCUT2D eigenvalue weighted by Gasteiger charge is -2.20. The number of hydrogen-bond acceptors (Lipinski definition) is 6. The molecule has 0 saturated carbocycles. The maximum atomic E-state index is 12.7. The Kier molecular flexibility index (Phi) is 7.02. The molecule has 4 rings (SSSR count). The van der Waals surface area contributed by atoms with Gasteiger partial charge in [0.25, 0.3) is 5.91 Å². The first kappa shape index (κ1) is 22.6. The van der Waals surface area contributed by atoms with E-state index in [0.29, 0.717) is 10.7 Å². The van der Waals surface area contributed by atoms with E-state index < -0.39 is 0 Å². The van der Waals surface area contributed by atoms with Gasteiger partial charge in [-0.1, -0.05) is 6.07 Å². The smallest absolute Gasteiger partial charge is 0.329 e. The van der Waals surface area contributed by atoms with Gasteiger partial charge < -0.3 is 20.4 Å². The number of aromatic nitrogens is 2. The molecule has 0 spiro atoms. The summed E-state index contributed by atoms with van der Waals surface area (Å²) < 4.78 is 4.21. The van der Waals surface area contributed by atoms with Crippen LogP contribution in [-0.2, 0) is 32.7 Å². The van der Waals surface area contributed by atoms with Gasteiger partial charge in [0.05, 0.1) is 13.2 Å². The topological polar surface area (TPSA) is 120 Å². The van der Waals surface area contributed by atoms with Crippen LogP contribution in [0.15, 0.2) is 17.2 Å². The fourth-order valence-corrected chi connectivity index (χ4v) is 5.20. The second-order valence-electron chi connectivity index (χ2n) is 8.12. The molecule has 10 heteroatoms. The molecule has 0 bridgehead atoms. The Morgan fingerprint density at radius 1 is 1.06 bits per heavy atom. The van der Waals surface area contributed by atoms with Gasteiger partial charge in [0.1, 0.15) is 10.7 Å². The van der Waals surface area contributed by atoms with Crippen LogP contribution < -0.4 is 10.0 Å². The molecular formula is C22H29N5O4S. The molecule has 0 unspecified atom stereocenters. The number of rotatable bonds is 8. The predicted molar refractivity (Wildman–Crippen MR) is 122 cm³/mol. The Labute approximate surface area is 191 Å². The Morgan fingerprint density at radius 3 is 2.28 bits per heavy atom. The number of aliphatic hydroxyl groups is 2. The molecule has 32 heavy (non-hydrogen) atoms. The molecule has 9 nitrogen and oxygen atoms in total. The van der Waals surface area contributed by atoms with Gasteiger partial charge in [0.2, 0.25) is 0 Å². The fraction of sp³-hybridized carbons (Fsp3) is 0.500. The standard InChI is InChI=1S/C22H29N5O4S/c1-26-18(21(30)27(8-10-28)9-11-29)13-19(24-26)32-25-22(31)23-20-16-6-2-4-14(16)12-15-5-3-7-17(15)20/h12-13,28-29H,2-11H2,1H3,(H2,23,25,31). The normalized spacial score (nSPS) is 14.2. The van der Waals surface area contributed by atoms with E-state index in [9.17, 15) is 9.59 Å². The summed E-state index contributed by atoms with van der Waals surface area (Å²) in [5.41, 5.74) is 6.55. The summed E-state index contributed by atoms with van der Waals surface area (Å²) in [5.74, 6) is -0.338. The van der Waals surface area contributed by atoms with E-state index in [1.165, 1.54) is 31.8 Å². The van der Waals surface area contributed by atoms with Crippen LogP contribution in [0.4, 0.5) is 10.5 Å². The number of urea groups is 1. The highest BCUT2D eigenvalue weighted by Gasteiger charge is 2.25. The van der Waals surface area contributed by atoms with Crippen molar-refractivity contribution >= 4 is 29.6 Å². The van der Waals surface area contributed by atoms with Crippen LogP contribution in [0, 0.1) is 0 Å². The minimum absolute atomic E-state index is 0.124. The van der Waals surface area contributed by atoms with E-state index in [2.05, 4.69) is 21.2 Å². The van der Waals surface area contributed by atoms with Gasteiger partial charge in [0.15, 0.2) is 0 Å². The number of benzene rings is 1. The second kappa shape index (κ2) is 9.93. The molecule has 0 fully saturated rings. The summed E-state index contributed by atoms with van der Waals surface area (Å²) in [6.45, 7) is -0.140. The minimum atomic E-state index is -0.338. The van der Waals surface area contributed by atoms with Crippen molar-refractivity contribution in [1.82, 2.24) is 19.4 Å². The average molecular weight is 460 g/mol. The largest absolute Gasteiger partial charge is 0.395 e. The van der Waals surface area contributed by atoms with Crippen molar-refractivity contribution in [3.8, 4) is 0 Å². The van der Waals surface area contributed by atoms with Gasteiger partial charge in [-0.3, -0.25) is 14.2 Å². The summed E-state index contributed by atoms with van der Waals surface area (Å²) in [6, 6.07) is 3.60. The van der Waals surface area contributed by atoms with E-state index in [4.69, 9.17) is 10.2 Å². The number of carbonyl (C=O) groups is 2. The highest BCUT2D eigenvalue weighted by atomic mass is 32.2. The monoisotopic (exact) mass is 459 g/mol. The highest BCUT2D eigenvalue weighted by Crippen LogP contribution is 2.38. The zero-order chi connectivity index (χ0) is 22.7. The zero-order valence-corrected chi connectivity index (χ0v) is 19.0. The van der Waals surface area contributed by atoms with Crippen LogP contribution in [0.5, 0.6) is 0 Å². The lowest BCUT2D eigenvalue weighted by atomic mass is 9.99. The van der Waals surface area contributed by atoms with E-state index in [1.807, 2.05) is 0 Å². The van der Waals surface area contributed by atoms with Crippen LogP contribution >= 0.6 is 11.9 Å². The maximum absolute atomic E-state index is 12.7. The first-order valence-electron chi connectivity index (χ1n) is 11.0. The van der Waals surface area contributed by atoms with Crippen molar-refractivity contribution in [3.63, 3.8) is 0 Å². The number of aryl methyl sites for hydroxylation is 3.